The van der Waals surface area contributed by atoms with Crippen molar-refractivity contribution in [3.05, 3.63) is 0 Å². The van der Waals surface area contributed by atoms with E-state index >= 15 is 0 Å². The second kappa shape index (κ2) is 8.75. The minimum atomic E-state index is -0.0204. The van der Waals surface area contributed by atoms with Crippen LogP contribution in [0, 0.1) is 0 Å². The molecule has 0 saturated carbocycles. The summed E-state index contributed by atoms with van der Waals surface area (Å²) in [6.45, 7) is 3.79. The fourth-order valence-corrected chi connectivity index (χ4v) is 2.62. The summed E-state index contributed by atoms with van der Waals surface area (Å²) >= 11 is 0. The first-order chi connectivity index (χ1) is 9.74. The van der Waals surface area contributed by atoms with Crippen LogP contribution >= 0.6 is 0 Å². The number of ether oxygens (including phenoxy) is 3. The Bertz CT molecular complexity index is 282. The highest BCUT2D eigenvalue weighted by Gasteiger charge is 2.21. The summed E-state index contributed by atoms with van der Waals surface area (Å²) in [7, 11) is 0. The highest BCUT2D eigenvalue weighted by Crippen LogP contribution is 2.19. The van der Waals surface area contributed by atoms with Gasteiger partial charge >= 0.3 is 0 Å². The SMILES string of the molecule is CC(CCCC(=O)CCCC1CO1)OC1CCCCO1. The maximum Gasteiger partial charge on any atom is 0.157 e. The van der Waals surface area contributed by atoms with E-state index in [2.05, 4.69) is 6.92 Å². The lowest BCUT2D eigenvalue weighted by atomic mass is 10.1. The van der Waals surface area contributed by atoms with Crippen molar-refractivity contribution in [2.45, 2.75) is 83.2 Å². The summed E-state index contributed by atoms with van der Waals surface area (Å²) in [5.41, 5.74) is 0. The standard InChI is InChI=1S/C16H28O4/c1-13(20-16-10-2-3-11-18-16)6-4-7-14(17)8-5-9-15-12-19-15/h13,15-16H,2-12H2,1H3. The van der Waals surface area contributed by atoms with Crippen molar-refractivity contribution in [3.63, 3.8) is 0 Å². The molecular formula is C16H28O4. The molecule has 0 bridgehead atoms. The predicted octanol–water partition coefficient (Wildman–Crippen LogP) is 3.23. The van der Waals surface area contributed by atoms with Crippen molar-refractivity contribution in [1.29, 1.82) is 0 Å². The summed E-state index contributed by atoms with van der Waals surface area (Å²) in [5.74, 6) is 0.381. The zero-order valence-corrected chi connectivity index (χ0v) is 12.6. The van der Waals surface area contributed by atoms with Gasteiger partial charge < -0.3 is 14.2 Å². The van der Waals surface area contributed by atoms with Crippen LogP contribution in [0.5, 0.6) is 0 Å². The Labute approximate surface area is 122 Å². The fourth-order valence-electron chi connectivity index (χ4n) is 2.62. The fraction of sp³-hybridized carbons (Fsp3) is 0.938. The molecule has 20 heavy (non-hydrogen) atoms. The smallest absolute Gasteiger partial charge is 0.157 e. The number of carbonyl (C=O) groups is 1. The summed E-state index contributed by atoms with van der Waals surface area (Å²) in [4.78, 5) is 11.7. The maximum atomic E-state index is 11.7. The normalized spacial score (nSPS) is 27.2. The quantitative estimate of drug-likeness (QED) is 0.578. The molecule has 0 aromatic rings. The van der Waals surface area contributed by atoms with Crippen LogP contribution in [0.25, 0.3) is 0 Å². The van der Waals surface area contributed by atoms with Gasteiger partial charge in [-0.3, -0.25) is 4.79 Å². The van der Waals surface area contributed by atoms with Crippen molar-refractivity contribution < 1.29 is 19.0 Å². The molecule has 0 aromatic heterocycles. The lowest BCUT2D eigenvalue weighted by Gasteiger charge is -2.26. The average molecular weight is 284 g/mol. The lowest BCUT2D eigenvalue weighted by Crippen LogP contribution is -2.26. The van der Waals surface area contributed by atoms with Crippen LogP contribution < -0.4 is 0 Å². The van der Waals surface area contributed by atoms with Gasteiger partial charge in [-0.05, 0) is 51.9 Å². The number of rotatable bonds is 10. The van der Waals surface area contributed by atoms with E-state index in [0.717, 1.165) is 51.7 Å². The largest absolute Gasteiger partial charge is 0.373 e. The zero-order chi connectivity index (χ0) is 14.2. The molecule has 3 unspecified atom stereocenters. The first-order valence-electron chi connectivity index (χ1n) is 8.14. The van der Waals surface area contributed by atoms with Crippen LogP contribution in [0.4, 0.5) is 0 Å². The summed E-state index contributed by atoms with van der Waals surface area (Å²) < 4.78 is 16.5. The van der Waals surface area contributed by atoms with E-state index in [1.54, 1.807) is 0 Å². The first kappa shape index (κ1) is 15.9. The Kier molecular flexibility index (Phi) is 6.97. The third-order valence-electron chi connectivity index (χ3n) is 3.97. The lowest BCUT2D eigenvalue weighted by molar-refractivity contribution is -0.185. The summed E-state index contributed by atoms with van der Waals surface area (Å²) in [6, 6.07) is 0. The summed E-state index contributed by atoms with van der Waals surface area (Å²) in [6.07, 6.45) is 9.25. The second-order valence-corrected chi connectivity index (χ2v) is 6.02. The number of Topliss-reactive ketones (excluding diaryl/α,β-unsaturated/α-hetero) is 1. The number of ketones is 1. The van der Waals surface area contributed by atoms with E-state index in [4.69, 9.17) is 14.2 Å². The van der Waals surface area contributed by atoms with Crippen LogP contribution in [0.15, 0.2) is 0 Å². The molecular weight excluding hydrogens is 256 g/mol. The molecule has 0 radical (unpaired) electrons. The van der Waals surface area contributed by atoms with E-state index in [1.165, 1.54) is 6.42 Å². The van der Waals surface area contributed by atoms with Crippen molar-refractivity contribution in [2.24, 2.45) is 0 Å². The van der Waals surface area contributed by atoms with Gasteiger partial charge in [-0.25, -0.2) is 0 Å². The van der Waals surface area contributed by atoms with E-state index in [9.17, 15) is 4.79 Å². The molecule has 0 spiro atoms. The third-order valence-corrected chi connectivity index (χ3v) is 3.97. The maximum absolute atomic E-state index is 11.7. The minimum absolute atomic E-state index is 0.0204. The molecule has 0 N–H and O–H groups in total. The Balaban J connectivity index is 1.45. The van der Waals surface area contributed by atoms with Crippen LogP contribution in [0.1, 0.15) is 64.7 Å². The van der Waals surface area contributed by atoms with Gasteiger partial charge in [0.1, 0.15) is 5.78 Å². The first-order valence-corrected chi connectivity index (χ1v) is 8.14. The molecule has 2 aliphatic rings. The Morgan fingerprint density at radius 1 is 1.25 bits per heavy atom. The van der Waals surface area contributed by atoms with E-state index in [-0.39, 0.29) is 12.4 Å². The molecule has 0 aromatic carbocycles. The molecule has 4 nitrogen and oxygen atoms in total. The van der Waals surface area contributed by atoms with Gasteiger partial charge in [0.2, 0.25) is 0 Å². The molecule has 2 aliphatic heterocycles. The van der Waals surface area contributed by atoms with Crippen LogP contribution in [-0.4, -0.2) is 37.5 Å². The van der Waals surface area contributed by atoms with E-state index in [0.29, 0.717) is 24.7 Å². The van der Waals surface area contributed by atoms with Gasteiger partial charge in [-0.1, -0.05) is 0 Å². The van der Waals surface area contributed by atoms with Crippen LogP contribution in [-0.2, 0) is 19.0 Å². The van der Waals surface area contributed by atoms with Crippen molar-refractivity contribution in [3.8, 4) is 0 Å². The van der Waals surface area contributed by atoms with Gasteiger partial charge in [0.25, 0.3) is 0 Å². The molecule has 2 rings (SSSR count). The molecule has 2 fully saturated rings. The van der Waals surface area contributed by atoms with Crippen molar-refractivity contribution >= 4 is 5.78 Å². The van der Waals surface area contributed by atoms with Crippen LogP contribution in [0.3, 0.4) is 0 Å². The van der Waals surface area contributed by atoms with E-state index in [1.807, 2.05) is 0 Å². The molecule has 3 atom stereocenters. The topological polar surface area (TPSA) is 48.1 Å². The monoisotopic (exact) mass is 284 g/mol. The number of hydrogen-bond acceptors (Lipinski definition) is 4. The van der Waals surface area contributed by atoms with E-state index < -0.39 is 0 Å². The Morgan fingerprint density at radius 2 is 2.05 bits per heavy atom. The molecule has 116 valence electrons. The van der Waals surface area contributed by atoms with Gasteiger partial charge in [0.05, 0.1) is 18.8 Å². The van der Waals surface area contributed by atoms with Crippen molar-refractivity contribution in [1.82, 2.24) is 0 Å². The van der Waals surface area contributed by atoms with Crippen LogP contribution in [0.2, 0.25) is 0 Å². The van der Waals surface area contributed by atoms with Gasteiger partial charge in [-0.15, -0.1) is 0 Å². The Morgan fingerprint density at radius 3 is 2.75 bits per heavy atom. The molecule has 2 heterocycles. The van der Waals surface area contributed by atoms with Gasteiger partial charge in [0.15, 0.2) is 6.29 Å². The Hall–Kier alpha value is -0.450. The number of hydrogen-bond donors (Lipinski definition) is 0. The predicted molar refractivity (Wildman–Crippen MR) is 76.6 cm³/mol. The highest BCUT2D eigenvalue weighted by molar-refractivity contribution is 5.78. The zero-order valence-electron chi connectivity index (χ0n) is 12.6. The highest BCUT2D eigenvalue weighted by atomic mass is 16.7. The minimum Gasteiger partial charge on any atom is -0.373 e. The third kappa shape index (κ3) is 6.82. The molecule has 0 aliphatic carbocycles. The van der Waals surface area contributed by atoms with Gasteiger partial charge in [0, 0.05) is 19.4 Å². The molecule has 4 heteroatoms. The number of epoxide rings is 1. The number of carbonyl (C=O) groups excluding carboxylic acids is 1. The molecule has 2 saturated heterocycles. The molecule has 0 amide bonds. The summed E-state index contributed by atoms with van der Waals surface area (Å²) in [5, 5.41) is 0. The van der Waals surface area contributed by atoms with Gasteiger partial charge in [-0.2, -0.15) is 0 Å². The second-order valence-electron chi connectivity index (χ2n) is 6.02. The average Bonchev–Trinajstić information content (AvgIpc) is 3.24. The van der Waals surface area contributed by atoms with Crippen molar-refractivity contribution in [2.75, 3.05) is 13.2 Å².